The molecule has 1 aromatic carbocycles. The highest BCUT2D eigenvalue weighted by molar-refractivity contribution is 7.86. The van der Waals surface area contributed by atoms with Crippen LogP contribution in [0.5, 0.6) is 0 Å². The van der Waals surface area contributed by atoms with Gasteiger partial charge in [0.05, 0.1) is 0 Å². The Labute approximate surface area is 108 Å². The van der Waals surface area contributed by atoms with Gasteiger partial charge in [-0.15, -0.1) is 0 Å². The van der Waals surface area contributed by atoms with Crippen LogP contribution in [0.25, 0.3) is 0 Å². The zero-order valence-corrected chi connectivity index (χ0v) is 12.1. The normalized spacial score (nSPS) is 11.0. The SMILES string of the molecule is CS(C)=O.Cc1cc([NH3+])c(S(=O)(=O)[O-])cc1Cl. The molecular formula is C9H14ClNO4S2. The van der Waals surface area contributed by atoms with Gasteiger partial charge >= 0.3 is 0 Å². The van der Waals surface area contributed by atoms with Gasteiger partial charge in [-0.2, -0.15) is 0 Å². The highest BCUT2D eigenvalue weighted by Gasteiger charge is 2.11. The molecule has 0 unspecified atom stereocenters. The van der Waals surface area contributed by atoms with Gasteiger partial charge in [0.25, 0.3) is 0 Å². The van der Waals surface area contributed by atoms with Crippen LogP contribution < -0.4 is 5.73 Å². The Hall–Kier alpha value is -0.470. The fourth-order valence-electron chi connectivity index (χ4n) is 0.956. The molecule has 0 aliphatic rings. The zero-order valence-electron chi connectivity index (χ0n) is 9.69. The summed E-state index contributed by atoms with van der Waals surface area (Å²) in [4.78, 5) is -0.358. The number of benzene rings is 1. The molecule has 0 heterocycles. The lowest BCUT2D eigenvalue weighted by Gasteiger charge is -2.09. The maximum absolute atomic E-state index is 10.7. The molecule has 98 valence electrons. The third-order valence-electron chi connectivity index (χ3n) is 1.61. The topological polar surface area (TPSA) is 102 Å². The van der Waals surface area contributed by atoms with Crippen LogP contribution in [-0.2, 0) is 20.9 Å². The van der Waals surface area contributed by atoms with Gasteiger partial charge in [0, 0.05) is 34.4 Å². The summed E-state index contributed by atoms with van der Waals surface area (Å²) in [6, 6.07) is 2.59. The molecule has 1 rings (SSSR count). The lowest BCUT2D eigenvalue weighted by atomic mass is 10.2. The van der Waals surface area contributed by atoms with Crippen molar-refractivity contribution >= 4 is 38.2 Å². The van der Waals surface area contributed by atoms with Crippen molar-refractivity contribution in [3.8, 4) is 0 Å². The highest BCUT2D eigenvalue weighted by Crippen LogP contribution is 2.24. The molecule has 0 atom stereocenters. The fourth-order valence-corrected chi connectivity index (χ4v) is 1.83. The number of hydrogen-bond acceptors (Lipinski definition) is 4. The van der Waals surface area contributed by atoms with E-state index >= 15 is 0 Å². The molecule has 0 bridgehead atoms. The quantitative estimate of drug-likeness (QED) is 0.759. The third-order valence-corrected chi connectivity index (χ3v) is 2.94. The van der Waals surface area contributed by atoms with E-state index < -0.39 is 20.9 Å². The molecule has 0 saturated heterocycles. The molecule has 1 aromatic rings. The van der Waals surface area contributed by atoms with E-state index in [0.29, 0.717) is 5.56 Å². The summed E-state index contributed by atoms with van der Waals surface area (Å²) in [7, 11) is -5.08. The van der Waals surface area contributed by atoms with Crippen LogP contribution in [0.1, 0.15) is 5.56 Å². The van der Waals surface area contributed by atoms with Gasteiger partial charge in [0.2, 0.25) is 0 Å². The number of aryl methyl sites for hydroxylation is 1. The van der Waals surface area contributed by atoms with Gasteiger partial charge in [-0.05, 0) is 18.6 Å². The van der Waals surface area contributed by atoms with Crippen LogP contribution in [0.3, 0.4) is 0 Å². The Morgan fingerprint density at radius 3 is 2.12 bits per heavy atom. The lowest BCUT2D eigenvalue weighted by Crippen LogP contribution is -2.42. The van der Waals surface area contributed by atoms with Crippen LogP contribution >= 0.6 is 11.6 Å². The summed E-state index contributed by atoms with van der Waals surface area (Å²) >= 11 is 5.66. The van der Waals surface area contributed by atoms with Crippen LogP contribution in [0, 0.1) is 6.92 Å². The molecule has 0 saturated carbocycles. The molecule has 0 amide bonds. The first-order chi connectivity index (χ1) is 7.55. The number of rotatable bonds is 1. The predicted molar refractivity (Wildman–Crippen MR) is 66.7 cm³/mol. The molecular weight excluding hydrogens is 286 g/mol. The van der Waals surface area contributed by atoms with Crippen molar-refractivity contribution in [3.63, 3.8) is 0 Å². The largest absolute Gasteiger partial charge is 0.744 e. The van der Waals surface area contributed by atoms with Gasteiger partial charge in [-0.25, -0.2) is 8.42 Å². The van der Waals surface area contributed by atoms with Crippen molar-refractivity contribution < 1.29 is 22.9 Å². The molecule has 0 spiro atoms. The van der Waals surface area contributed by atoms with Crippen molar-refractivity contribution in [2.45, 2.75) is 11.8 Å². The Morgan fingerprint density at radius 2 is 1.76 bits per heavy atom. The average Bonchev–Trinajstić information content (AvgIpc) is 2.08. The van der Waals surface area contributed by atoms with E-state index in [0.717, 1.165) is 6.07 Å². The summed E-state index contributed by atoms with van der Waals surface area (Å²) in [6.45, 7) is 1.71. The summed E-state index contributed by atoms with van der Waals surface area (Å²) in [5.74, 6) is 0. The first-order valence-corrected chi connectivity index (χ1v) is 8.14. The molecule has 0 aliphatic heterocycles. The van der Waals surface area contributed by atoms with E-state index in [9.17, 15) is 17.2 Å². The first kappa shape index (κ1) is 16.5. The second-order valence-corrected chi connectivity index (χ2v) is 6.64. The first-order valence-electron chi connectivity index (χ1n) is 4.38. The van der Waals surface area contributed by atoms with Crippen molar-refractivity contribution in [1.29, 1.82) is 0 Å². The second kappa shape index (κ2) is 6.46. The predicted octanol–water partition coefficient (Wildman–Crippen LogP) is 0.421. The fraction of sp³-hybridized carbons (Fsp3) is 0.333. The Bertz CT molecular complexity index is 524. The van der Waals surface area contributed by atoms with E-state index in [2.05, 4.69) is 5.73 Å². The lowest BCUT2D eigenvalue weighted by molar-refractivity contribution is -0.258. The minimum Gasteiger partial charge on any atom is -0.744 e. The molecule has 0 aliphatic carbocycles. The molecule has 3 N–H and O–H groups in total. The molecule has 0 fully saturated rings. The van der Waals surface area contributed by atoms with Crippen molar-refractivity contribution in [2.75, 3.05) is 12.5 Å². The highest BCUT2D eigenvalue weighted by atomic mass is 35.5. The van der Waals surface area contributed by atoms with Crippen LogP contribution in [0.2, 0.25) is 5.02 Å². The maximum atomic E-state index is 10.7. The molecule has 0 radical (unpaired) electrons. The summed E-state index contributed by atoms with van der Waals surface area (Å²) in [6.07, 6.45) is 3.28. The maximum Gasteiger partial charge on any atom is 0.146 e. The smallest absolute Gasteiger partial charge is 0.146 e. The Balaban J connectivity index is 0.000000557. The number of quaternary nitrogens is 1. The van der Waals surface area contributed by atoms with E-state index in [1.165, 1.54) is 6.07 Å². The minimum absolute atomic E-state index is 0.178. The Kier molecular flexibility index (Phi) is 6.28. The number of halogens is 1. The summed E-state index contributed by atoms with van der Waals surface area (Å²) < 4.78 is 41.5. The van der Waals surface area contributed by atoms with E-state index in [4.69, 9.17) is 11.6 Å². The summed E-state index contributed by atoms with van der Waals surface area (Å²) in [5, 5.41) is 0.252. The van der Waals surface area contributed by atoms with Crippen molar-refractivity contribution in [1.82, 2.24) is 0 Å². The van der Waals surface area contributed by atoms with Crippen molar-refractivity contribution in [2.24, 2.45) is 0 Å². The van der Waals surface area contributed by atoms with E-state index in [1.807, 2.05) is 0 Å². The van der Waals surface area contributed by atoms with E-state index in [-0.39, 0.29) is 15.6 Å². The van der Waals surface area contributed by atoms with Gasteiger partial charge in [-0.3, -0.25) is 4.21 Å². The van der Waals surface area contributed by atoms with Crippen LogP contribution in [0.4, 0.5) is 5.69 Å². The van der Waals surface area contributed by atoms with Crippen LogP contribution in [-0.4, -0.2) is 29.7 Å². The molecule has 5 nitrogen and oxygen atoms in total. The van der Waals surface area contributed by atoms with Gasteiger partial charge in [0.15, 0.2) is 0 Å². The molecule has 0 aromatic heterocycles. The zero-order chi connectivity index (χ0) is 13.8. The minimum atomic E-state index is -4.47. The van der Waals surface area contributed by atoms with E-state index in [1.54, 1.807) is 19.4 Å². The number of hydrogen-bond donors (Lipinski definition) is 1. The van der Waals surface area contributed by atoms with Gasteiger partial charge in [-0.1, -0.05) is 11.6 Å². The molecule has 17 heavy (non-hydrogen) atoms. The average molecular weight is 300 g/mol. The second-order valence-electron chi connectivity index (χ2n) is 3.40. The summed E-state index contributed by atoms with van der Waals surface area (Å²) in [5.41, 5.74) is 4.32. The van der Waals surface area contributed by atoms with Crippen LogP contribution in [0.15, 0.2) is 17.0 Å². The van der Waals surface area contributed by atoms with Gasteiger partial charge in [0.1, 0.15) is 20.7 Å². The molecule has 8 heteroatoms. The Morgan fingerprint density at radius 1 is 1.35 bits per heavy atom. The third kappa shape index (κ3) is 6.13. The van der Waals surface area contributed by atoms with Crippen molar-refractivity contribution in [3.05, 3.63) is 22.7 Å². The standard InChI is InChI=1S/C7H8ClNO3S.C2H6OS/c1-4-2-6(9)7(3-5(4)8)13(10,11)12;1-4(2)3/h2-3H,9H2,1H3,(H,10,11,12);1-2H3. The van der Waals surface area contributed by atoms with Gasteiger partial charge < -0.3 is 10.3 Å². The monoisotopic (exact) mass is 299 g/mol.